The van der Waals surface area contributed by atoms with E-state index in [0.29, 0.717) is 42.5 Å². The lowest BCUT2D eigenvalue weighted by Crippen LogP contribution is -2.35. The first-order chi connectivity index (χ1) is 14.3. The van der Waals surface area contributed by atoms with Crippen LogP contribution >= 0.6 is 0 Å². The largest absolute Gasteiger partial charge is 0.507 e. The lowest BCUT2D eigenvalue weighted by Gasteiger charge is -2.24. The predicted molar refractivity (Wildman–Crippen MR) is 113 cm³/mol. The maximum Gasteiger partial charge on any atom is 0.295 e. The zero-order valence-electron chi connectivity index (χ0n) is 17.8. The van der Waals surface area contributed by atoms with Crippen molar-refractivity contribution >= 4 is 17.4 Å². The molecule has 0 radical (unpaired) electrons. The molecule has 0 saturated carbocycles. The van der Waals surface area contributed by atoms with Crippen LogP contribution in [0.25, 0.3) is 5.76 Å². The number of hydrogen-bond acceptors (Lipinski definition) is 6. The van der Waals surface area contributed by atoms with Crippen molar-refractivity contribution in [3.05, 3.63) is 59.1 Å². The van der Waals surface area contributed by atoms with Crippen LogP contribution in [-0.4, -0.2) is 60.4 Å². The molecular weight excluding hydrogens is 384 g/mol. The minimum Gasteiger partial charge on any atom is -0.507 e. The zero-order chi connectivity index (χ0) is 21.8. The van der Waals surface area contributed by atoms with Gasteiger partial charge in [-0.15, -0.1) is 0 Å². The molecule has 3 rings (SSSR count). The van der Waals surface area contributed by atoms with Crippen LogP contribution in [0.15, 0.2) is 46.4 Å². The summed E-state index contributed by atoms with van der Waals surface area (Å²) in [6.45, 7) is 5.33. The molecular formula is C23H28N2O5. The Morgan fingerprint density at radius 3 is 2.43 bits per heavy atom. The van der Waals surface area contributed by atoms with E-state index in [9.17, 15) is 14.7 Å². The number of Topliss-reactive ketones (excluding diaryl/α,β-unsaturated/α-hetero) is 1. The van der Waals surface area contributed by atoms with E-state index >= 15 is 0 Å². The fourth-order valence-corrected chi connectivity index (χ4v) is 3.40. The second-order valence-electron chi connectivity index (χ2n) is 7.62. The number of carbonyl (C=O) groups is 2. The van der Waals surface area contributed by atoms with Gasteiger partial charge in [0.05, 0.1) is 12.2 Å². The van der Waals surface area contributed by atoms with E-state index in [1.165, 1.54) is 4.90 Å². The molecule has 2 heterocycles. The number of aliphatic hydroxyl groups excluding tert-OH is 1. The van der Waals surface area contributed by atoms with Crippen molar-refractivity contribution in [2.75, 3.05) is 33.8 Å². The highest BCUT2D eigenvalue weighted by Crippen LogP contribution is 2.40. The number of ketones is 1. The Morgan fingerprint density at radius 2 is 1.87 bits per heavy atom. The molecule has 2 aromatic rings. The van der Waals surface area contributed by atoms with Crippen LogP contribution < -0.4 is 4.74 Å². The number of likely N-dealkylation sites (N-methyl/N-ethyl adjacent to an activating group) is 1. The average molecular weight is 412 g/mol. The maximum absolute atomic E-state index is 12.9. The Bertz CT molecular complexity index is 943. The Kier molecular flexibility index (Phi) is 6.62. The van der Waals surface area contributed by atoms with Crippen LogP contribution in [0.5, 0.6) is 5.75 Å². The van der Waals surface area contributed by atoms with Crippen LogP contribution in [0.4, 0.5) is 0 Å². The highest BCUT2D eigenvalue weighted by molar-refractivity contribution is 6.46. The van der Waals surface area contributed by atoms with Gasteiger partial charge in [-0.2, -0.15) is 0 Å². The van der Waals surface area contributed by atoms with E-state index in [4.69, 9.17) is 9.15 Å². The number of likely N-dealkylation sites (tertiary alicyclic amines) is 1. The number of rotatable bonds is 8. The molecule has 1 amide bonds. The normalized spacial score (nSPS) is 18.4. The fraction of sp³-hybridized carbons (Fsp3) is 0.391. The van der Waals surface area contributed by atoms with Crippen molar-refractivity contribution in [1.82, 2.24) is 9.80 Å². The van der Waals surface area contributed by atoms with Crippen LogP contribution in [0.2, 0.25) is 0 Å². The molecule has 0 aliphatic carbocycles. The summed E-state index contributed by atoms with van der Waals surface area (Å²) in [5.41, 5.74) is 0.480. The van der Waals surface area contributed by atoms with Gasteiger partial charge in [0, 0.05) is 18.7 Å². The number of amides is 1. The molecule has 1 aromatic heterocycles. The molecule has 1 atom stereocenters. The van der Waals surface area contributed by atoms with Crippen molar-refractivity contribution in [3.63, 3.8) is 0 Å². The second-order valence-corrected chi connectivity index (χ2v) is 7.62. The van der Waals surface area contributed by atoms with Crippen LogP contribution in [0.1, 0.15) is 36.5 Å². The summed E-state index contributed by atoms with van der Waals surface area (Å²) < 4.78 is 11.3. The number of benzene rings is 1. The molecule has 1 aliphatic heterocycles. The Hall–Kier alpha value is -3.06. The molecule has 0 bridgehead atoms. The van der Waals surface area contributed by atoms with Crippen molar-refractivity contribution in [2.45, 2.75) is 26.3 Å². The third kappa shape index (κ3) is 4.41. The van der Waals surface area contributed by atoms with Crippen molar-refractivity contribution < 1.29 is 23.8 Å². The quantitative estimate of drug-likeness (QED) is 0.407. The number of aliphatic hydroxyl groups is 1. The average Bonchev–Trinajstić information content (AvgIpc) is 3.26. The molecule has 1 fully saturated rings. The van der Waals surface area contributed by atoms with Gasteiger partial charge >= 0.3 is 0 Å². The topological polar surface area (TPSA) is 83.2 Å². The summed E-state index contributed by atoms with van der Waals surface area (Å²) in [4.78, 5) is 29.1. The molecule has 160 valence electrons. The number of ether oxygens (including phenoxy) is 1. The van der Waals surface area contributed by atoms with Crippen molar-refractivity contribution in [1.29, 1.82) is 0 Å². The van der Waals surface area contributed by atoms with E-state index in [0.717, 1.165) is 6.42 Å². The minimum absolute atomic E-state index is 0.0373. The summed E-state index contributed by atoms with van der Waals surface area (Å²) in [6, 6.07) is 9.58. The van der Waals surface area contributed by atoms with Gasteiger partial charge in [0.1, 0.15) is 29.1 Å². The number of carbonyl (C=O) groups excluding carboxylic acids is 2. The molecule has 1 aliphatic rings. The van der Waals surface area contributed by atoms with Gasteiger partial charge in [-0.25, -0.2) is 0 Å². The summed E-state index contributed by atoms with van der Waals surface area (Å²) in [5, 5.41) is 11.0. The molecule has 1 aromatic carbocycles. The first-order valence-electron chi connectivity index (χ1n) is 10.1. The number of hydrogen-bond donors (Lipinski definition) is 1. The Labute approximate surface area is 176 Å². The van der Waals surface area contributed by atoms with E-state index < -0.39 is 17.7 Å². The fourth-order valence-electron chi connectivity index (χ4n) is 3.40. The summed E-state index contributed by atoms with van der Waals surface area (Å²) in [7, 11) is 3.79. The smallest absolute Gasteiger partial charge is 0.295 e. The van der Waals surface area contributed by atoms with Crippen LogP contribution in [0.3, 0.4) is 0 Å². The molecule has 30 heavy (non-hydrogen) atoms. The third-order valence-electron chi connectivity index (χ3n) is 4.96. The lowest BCUT2D eigenvalue weighted by atomic mass is 9.99. The lowest BCUT2D eigenvalue weighted by molar-refractivity contribution is -0.140. The van der Waals surface area contributed by atoms with Crippen molar-refractivity contribution in [2.24, 2.45) is 0 Å². The van der Waals surface area contributed by atoms with Gasteiger partial charge in [-0.05, 0) is 63.8 Å². The van der Waals surface area contributed by atoms with Crippen LogP contribution in [-0.2, 0) is 9.59 Å². The monoisotopic (exact) mass is 412 g/mol. The number of aryl methyl sites for hydroxylation is 1. The van der Waals surface area contributed by atoms with Gasteiger partial charge in [-0.3, -0.25) is 9.59 Å². The summed E-state index contributed by atoms with van der Waals surface area (Å²) >= 11 is 0. The standard InChI is InChI=1S/C23H28N2O5/c1-5-14-29-17-9-7-16(8-10-17)21(26)19-20(18-11-6-15(2)30-18)25(13-12-24(3)4)23(28)22(19)27/h6-11,20,26H,5,12-14H2,1-4H3/b21-19+/t20-/m1/s1. The highest BCUT2D eigenvalue weighted by atomic mass is 16.5. The maximum atomic E-state index is 12.9. The van der Waals surface area contributed by atoms with Gasteiger partial charge in [0.2, 0.25) is 0 Å². The molecule has 7 nitrogen and oxygen atoms in total. The molecule has 1 N–H and O–H groups in total. The van der Waals surface area contributed by atoms with Gasteiger partial charge in [0.15, 0.2) is 0 Å². The number of furan rings is 1. The second kappa shape index (κ2) is 9.17. The number of nitrogens with zero attached hydrogens (tertiary/aromatic N) is 2. The van der Waals surface area contributed by atoms with Crippen LogP contribution in [0, 0.1) is 6.92 Å². The molecule has 0 unspecified atom stereocenters. The van der Waals surface area contributed by atoms with E-state index in [1.54, 1.807) is 43.3 Å². The third-order valence-corrected chi connectivity index (χ3v) is 4.96. The molecule has 1 saturated heterocycles. The highest BCUT2D eigenvalue weighted by Gasteiger charge is 2.47. The van der Waals surface area contributed by atoms with E-state index in [1.807, 2.05) is 25.9 Å². The van der Waals surface area contributed by atoms with E-state index in [-0.39, 0.29) is 11.3 Å². The predicted octanol–water partition coefficient (Wildman–Crippen LogP) is 3.36. The molecule has 7 heteroatoms. The first kappa shape index (κ1) is 21.6. The Morgan fingerprint density at radius 1 is 1.17 bits per heavy atom. The van der Waals surface area contributed by atoms with E-state index in [2.05, 4.69) is 0 Å². The van der Waals surface area contributed by atoms with Gasteiger partial charge in [-0.1, -0.05) is 6.92 Å². The zero-order valence-corrected chi connectivity index (χ0v) is 17.8. The molecule has 0 spiro atoms. The van der Waals surface area contributed by atoms with Crippen molar-refractivity contribution in [3.8, 4) is 5.75 Å². The Balaban J connectivity index is 2.02. The summed E-state index contributed by atoms with van der Waals surface area (Å²) in [5.74, 6) is 0.229. The first-order valence-corrected chi connectivity index (χ1v) is 10.1. The SMILES string of the molecule is CCCOc1ccc(/C(O)=C2\C(=O)C(=O)N(CCN(C)C)[C@@H]2c2ccc(C)o2)cc1. The van der Waals surface area contributed by atoms with Gasteiger partial charge < -0.3 is 24.1 Å². The van der Waals surface area contributed by atoms with Gasteiger partial charge in [0.25, 0.3) is 11.7 Å². The summed E-state index contributed by atoms with van der Waals surface area (Å²) in [6.07, 6.45) is 0.890. The minimum atomic E-state index is -0.769.